The van der Waals surface area contributed by atoms with E-state index >= 15 is 0 Å². The molecule has 0 aliphatic carbocycles. The Balaban J connectivity index is 2.32. The molecule has 1 atom stereocenters. The predicted molar refractivity (Wildman–Crippen MR) is 49.4 cm³/mol. The Labute approximate surface area is 81.0 Å². The molecule has 1 heterocycles. The molecule has 70 valence electrons. The summed E-state index contributed by atoms with van der Waals surface area (Å²) in [7, 11) is 0. The first kappa shape index (κ1) is 8.69. The van der Waals surface area contributed by atoms with E-state index in [1.165, 1.54) is 6.08 Å². The van der Waals surface area contributed by atoms with Gasteiger partial charge in [-0.3, -0.25) is 4.79 Å². The molecule has 1 aromatic carbocycles. The highest BCUT2D eigenvalue weighted by Crippen LogP contribution is 2.21. The van der Waals surface area contributed by atoms with Crippen LogP contribution in [0.25, 0.3) is 0 Å². The van der Waals surface area contributed by atoms with Crippen LogP contribution >= 0.6 is 0 Å². The van der Waals surface area contributed by atoms with E-state index < -0.39 is 12.1 Å². The summed E-state index contributed by atoms with van der Waals surface area (Å²) in [5, 5.41) is 0. The summed E-state index contributed by atoms with van der Waals surface area (Å²) in [6.07, 6.45) is 1.62. The van der Waals surface area contributed by atoms with Crippen LogP contribution in [0.1, 0.15) is 11.7 Å². The number of ketones is 1. The lowest BCUT2D eigenvalue weighted by Gasteiger charge is -2.17. The molecule has 2 rings (SSSR count). The van der Waals surface area contributed by atoms with Crippen LogP contribution in [-0.4, -0.2) is 11.8 Å². The van der Waals surface area contributed by atoms with Crippen molar-refractivity contribution < 1.29 is 14.3 Å². The van der Waals surface area contributed by atoms with Gasteiger partial charge in [-0.2, -0.15) is 0 Å². The van der Waals surface area contributed by atoms with Gasteiger partial charge in [-0.25, -0.2) is 4.79 Å². The highest BCUT2D eigenvalue weighted by Gasteiger charge is 2.25. The van der Waals surface area contributed by atoms with Crippen molar-refractivity contribution >= 4 is 11.8 Å². The van der Waals surface area contributed by atoms with E-state index in [0.717, 1.165) is 6.08 Å². The number of rotatable bonds is 1. The molecule has 0 spiro atoms. The summed E-state index contributed by atoms with van der Waals surface area (Å²) in [4.78, 5) is 22.3. The van der Waals surface area contributed by atoms with Crippen molar-refractivity contribution in [2.24, 2.45) is 0 Å². The topological polar surface area (TPSA) is 43.4 Å². The highest BCUT2D eigenvalue weighted by atomic mass is 16.5. The van der Waals surface area contributed by atoms with Crippen LogP contribution in [0.15, 0.2) is 42.5 Å². The maximum Gasteiger partial charge on any atom is 0.331 e. The molecule has 1 aromatic rings. The Kier molecular flexibility index (Phi) is 2.14. The average Bonchev–Trinajstić information content (AvgIpc) is 2.23. The normalized spacial score (nSPS) is 20.7. The molecule has 0 bridgehead atoms. The van der Waals surface area contributed by atoms with Gasteiger partial charge in [0.2, 0.25) is 5.78 Å². The fourth-order valence-electron chi connectivity index (χ4n) is 1.31. The number of cyclic esters (lactones) is 1. The number of benzene rings is 1. The Bertz CT molecular complexity index is 392. The van der Waals surface area contributed by atoms with Crippen LogP contribution in [0.4, 0.5) is 0 Å². The third kappa shape index (κ3) is 1.57. The number of hydrogen-bond acceptors (Lipinski definition) is 3. The van der Waals surface area contributed by atoms with E-state index in [1.54, 1.807) is 24.3 Å². The van der Waals surface area contributed by atoms with E-state index in [2.05, 4.69) is 0 Å². The fraction of sp³-hybridized carbons (Fsp3) is 0.0909. The molecular weight excluding hydrogens is 180 g/mol. The smallest absolute Gasteiger partial charge is 0.331 e. The minimum absolute atomic E-state index is 0.198. The zero-order chi connectivity index (χ0) is 9.97. The zero-order valence-corrected chi connectivity index (χ0v) is 7.34. The quantitative estimate of drug-likeness (QED) is 0.626. The zero-order valence-electron chi connectivity index (χ0n) is 7.34. The van der Waals surface area contributed by atoms with E-state index in [4.69, 9.17) is 4.74 Å². The molecule has 1 unspecified atom stereocenters. The molecule has 0 saturated heterocycles. The van der Waals surface area contributed by atoms with Gasteiger partial charge in [0.15, 0.2) is 6.10 Å². The summed E-state index contributed by atoms with van der Waals surface area (Å²) in [5.74, 6) is -0.672. The molecule has 0 amide bonds. The van der Waals surface area contributed by atoms with Crippen LogP contribution in [0.5, 0.6) is 0 Å². The largest absolute Gasteiger partial charge is 0.446 e. The maximum atomic E-state index is 11.4. The van der Waals surface area contributed by atoms with Gasteiger partial charge in [-0.15, -0.1) is 0 Å². The van der Waals surface area contributed by atoms with Gasteiger partial charge < -0.3 is 4.74 Å². The summed E-state index contributed by atoms with van der Waals surface area (Å²) >= 11 is 0. The van der Waals surface area contributed by atoms with Crippen molar-refractivity contribution in [1.82, 2.24) is 0 Å². The van der Waals surface area contributed by atoms with Gasteiger partial charge in [0.25, 0.3) is 0 Å². The van der Waals surface area contributed by atoms with Crippen molar-refractivity contribution in [2.45, 2.75) is 6.10 Å². The van der Waals surface area contributed by atoms with E-state index in [-0.39, 0.29) is 5.78 Å². The second-order valence-corrected chi connectivity index (χ2v) is 2.96. The van der Waals surface area contributed by atoms with E-state index in [9.17, 15) is 9.59 Å². The number of esters is 1. The molecule has 1 aliphatic heterocycles. The Morgan fingerprint density at radius 3 is 2.43 bits per heavy atom. The predicted octanol–water partition coefficient (Wildman–Crippen LogP) is 1.41. The fourth-order valence-corrected chi connectivity index (χ4v) is 1.31. The average molecular weight is 188 g/mol. The Morgan fingerprint density at radius 2 is 1.71 bits per heavy atom. The molecule has 0 aromatic heterocycles. The van der Waals surface area contributed by atoms with Crippen molar-refractivity contribution in [1.29, 1.82) is 0 Å². The lowest BCUT2D eigenvalue weighted by Crippen LogP contribution is -2.21. The molecule has 0 saturated carbocycles. The molecule has 0 radical (unpaired) electrons. The van der Waals surface area contributed by atoms with Gasteiger partial charge in [0.1, 0.15) is 0 Å². The summed E-state index contributed by atoms with van der Waals surface area (Å²) in [5.41, 5.74) is 0.704. The van der Waals surface area contributed by atoms with Crippen molar-refractivity contribution in [3.8, 4) is 0 Å². The van der Waals surface area contributed by atoms with Crippen LogP contribution in [0.2, 0.25) is 0 Å². The van der Waals surface area contributed by atoms with Crippen LogP contribution in [0.3, 0.4) is 0 Å². The molecule has 3 heteroatoms. The van der Waals surface area contributed by atoms with Crippen LogP contribution < -0.4 is 0 Å². The number of carbonyl (C=O) groups is 2. The molecule has 0 fully saturated rings. The standard InChI is InChI=1S/C11H8O3/c12-9-6-7-10(13)14-11(9)8-4-2-1-3-5-8/h1-7,11H. The Morgan fingerprint density at radius 1 is 1.00 bits per heavy atom. The lowest BCUT2D eigenvalue weighted by molar-refractivity contribution is -0.151. The SMILES string of the molecule is O=C1C=CC(=O)C(c2ccccc2)O1. The molecule has 0 N–H and O–H groups in total. The first-order valence-corrected chi connectivity index (χ1v) is 4.25. The minimum atomic E-state index is -0.770. The van der Waals surface area contributed by atoms with E-state index in [1.807, 2.05) is 6.07 Å². The monoisotopic (exact) mass is 188 g/mol. The van der Waals surface area contributed by atoms with Crippen LogP contribution in [0, 0.1) is 0 Å². The van der Waals surface area contributed by atoms with Gasteiger partial charge in [-0.1, -0.05) is 30.3 Å². The Hall–Kier alpha value is -1.90. The maximum absolute atomic E-state index is 11.4. The first-order valence-electron chi connectivity index (χ1n) is 4.25. The van der Waals surface area contributed by atoms with Crippen molar-refractivity contribution in [3.05, 3.63) is 48.0 Å². The third-order valence-electron chi connectivity index (χ3n) is 1.98. The summed E-state index contributed by atoms with van der Waals surface area (Å²) < 4.78 is 4.91. The van der Waals surface area contributed by atoms with E-state index in [0.29, 0.717) is 5.56 Å². The molecule has 1 aliphatic rings. The number of hydrogen-bond donors (Lipinski definition) is 0. The third-order valence-corrected chi connectivity index (χ3v) is 1.98. The molecule has 14 heavy (non-hydrogen) atoms. The number of ether oxygens (including phenoxy) is 1. The minimum Gasteiger partial charge on any atom is -0.446 e. The second kappa shape index (κ2) is 3.46. The van der Waals surface area contributed by atoms with Crippen LogP contribution in [-0.2, 0) is 14.3 Å². The second-order valence-electron chi connectivity index (χ2n) is 2.96. The first-order chi connectivity index (χ1) is 6.77. The van der Waals surface area contributed by atoms with Gasteiger partial charge in [0.05, 0.1) is 0 Å². The molecule has 3 nitrogen and oxygen atoms in total. The molecular formula is C11H8O3. The summed E-state index contributed by atoms with van der Waals surface area (Å²) in [6.45, 7) is 0. The summed E-state index contributed by atoms with van der Waals surface area (Å²) in [6, 6.07) is 8.96. The van der Waals surface area contributed by atoms with Gasteiger partial charge in [0, 0.05) is 11.6 Å². The van der Waals surface area contributed by atoms with Gasteiger partial charge >= 0.3 is 5.97 Å². The van der Waals surface area contributed by atoms with Crippen molar-refractivity contribution in [3.63, 3.8) is 0 Å². The number of carbonyl (C=O) groups excluding carboxylic acids is 2. The highest BCUT2D eigenvalue weighted by molar-refractivity contribution is 6.03. The van der Waals surface area contributed by atoms with Crippen molar-refractivity contribution in [2.75, 3.05) is 0 Å². The lowest BCUT2D eigenvalue weighted by atomic mass is 10.0. The van der Waals surface area contributed by atoms with Gasteiger partial charge in [-0.05, 0) is 6.08 Å².